The summed E-state index contributed by atoms with van der Waals surface area (Å²) in [5, 5.41) is 15.5. The average Bonchev–Trinajstić information content (AvgIpc) is 2.65. The molecular weight excluding hydrogens is 337 g/mol. The molecule has 124 valence electrons. The van der Waals surface area contributed by atoms with Gasteiger partial charge in [0.2, 0.25) is 0 Å². The number of halogens is 2. The zero-order chi connectivity index (χ0) is 14.8. The van der Waals surface area contributed by atoms with Crippen molar-refractivity contribution in [3.63, 3.8) is 0 Å². The molecule has 23 heavy (non-hydrogen) atoms. The quantitative estimate of drug-likeness (QED) is 0.322. The number of para-hydroxylation sites is 2. The highest BCUT2D eigenvalue weighted by atomic mass is 35.5. The van der Waals surface area contributed by atoms with E-state index in [9.17, 15) is 10.1 Å². The van der Waals surface area contributed by atoms with E-state index in [1.165, 1.54) is 11.4 Å². The van der Waals surface area contributed by atoms with Gasteiger partial charge in [-0.25, -0.2) is 0 Å². The standard InChI is InChI=1S/C16H17N3O2.2ClH/c1-11-14(12-5-4-6-13(9-12)19(20)21)10-17-15-7-2-3-8-16(15)18-11;;/h2-9,11,14,17-18H,10H2,1H3;2*1H/t11-,14-;;/m0../s1. The molecule has 2 aromatic carbocycles. The Balaban J connectivity index is 0.00000132. The molecule has 0 amide bonds. The van der Waals surface area contributed by atoms with Crippen molar-refractivity contribution in [1.29, 1.82) is 0 Å². The zero-order valence-corrected chi connectivity index (χ0v) is 14.2. The largest absolute Gasteiger partial charge is 1.00 e. The third-order valence-corrected chi connectivity index (χ3v) is 4.17. The smallest absolute Gasteiger partial charge is 0.269 e. The number of benzene rings is 2. The van der Waals surface area contributed by atoms with Crippen LogP contribution in [0, 0.1) is 10.1 Å². The van der Waals surface area contributed by atoms with Crippen molar-refractivity contribution in [3.05, 3.63) is 64.2 Å². The van der Waals surface area contributed by atoms with Gasteiger partial charge >= 0.3 is 0 Å². The molecule has 0 radical (unpaired) electrons. The zero-order valence-electron chi connectivity index (χ0n) is 12.7. The first kappa shape index (κ1) is 19.4. The van der Waals surface area contributed by atoms with Crippen LogP contribution < -0.4 is 35.4 Å². The van der Waals surface area contributed by atoms with Crippen molar-refractivity contribution in [2.45, 2.75) is 18.9 Å². The van der Waals surface area contributed by atoms with Gasteiger partial charge in [-0.15, -0.1) is 0 Å². The monoisotopic (exact) mass is 355 g/mol. The van der Waals surface area contributed by atoms with E-state index in [4.69, 9.17) is 0 Å². The van der Waals surface area contributed by atoms with Crippen molar-refractivity contribution in [3.8, 4) is 0 Å². The van der Waals surface area contributed by atoms with E-state index in [-0.39, 0.29) is 41.3 Å². The SMILES string of the molecule is C[C@@H]1[NH2+]c2ccccc2[NH2+]C[C@@H]1c1cccc([N+](=O)[O-])c1.[Cl-].[Cl-]. The van der Waals surface area contributed by atoms with Gasteiger partial charge in [0.25, 0.3) is 5.69 Å². The van der Waals surface area contributed by atoms with Crippen molar-refractivity contribution in [2.75, 3.05) is 6.54 Å². The summed E-state index contributed by atoms with van der Waals surface area (Å²) < 4.78 is 0. The molecule has 7 heteroatoms. The Bertz CT molecular complexity index is 682. The number of non-ortho nitro benzene ring substituents is 1. The van der Waals surface area contributed by atoms with Gasteiger partial charge in [-0.1, -0.05) is 24.3 Å². The molecule has 0 fully saturated rings. The molecule has 0 saturated heterocycles. The number of hydrogen-bond acceptors (Lipinski definition) is 2. The first-order chi connectivity index (χ1) is 10.1. The van der Waals surface area contributed by atoms with Crippen LogP contribution in [0.4, 0.5) is 17.1 Å². The molecule has 0 aromatic heterocycles. The predicted molar refractivity (Wildman–Crippen MR) is 79.8 cm³/mol. The van der Waals surface area contributed by atoms with Gasteiger partial charge < -0.3 is 35.4 Å². The van der Waals surface area contributed by atoms with Crippen LogP contribution in [-0.2, 0) is 0 Å². The van der Waals surface area contributed by atoms with Crippen LogP contribution in [0.3, 0.4) is 0 Å². The second-order valence-corrected chi connectivity index (χ2v) is 5.55. The van der Waals surface area contributed by atoms with E-state index in [2.05, 4.69) is 29.7 Å². The normalized spacial score (nSPS) is 19.5. The van der Waals surface area contributed by atoms with Crippen LogP contribution in [0.25, 0.3) is 0 Å². The van der Waals surface area contributed by atoms with Gasteiger partial charge in [0.15, 0.2) is 11.4 Å². The Morgan fingerprint density at radius 2 is 1.78 bits per heavy atom. The molecule has 1 aliphatic heterocycles. The highest BCUT2D eigenvalue weighted by Gasteiger charge is 2.30. The minimum absolute atomic E-state index is 0. The number of nitrogens with zero attached hydrogens (tertiary/aromatic N) is 1. The molecule has 5 nitrogen and oxygen atoms in total. The lowest BCUT2D eigenvalue weighted by Gasteiger charge is -2.17. The summed E-state index contributed by atoms with van der Waals surface area (Å²) in [6, 6.07) is 15.7. The maximum Gasteiger partial charge on any atom is 0.269 e. The van der Waals surface area contributed by atoms with E-state index < -0.39 is 0 Å². The van der Waals surface area contributed by atoms with Crippen LogP contribution in [0.2, 0.25) is 0 Å². The van der Waals surface area contributed by atoms with Crippen molar-refractivity contribution >= 4 is 17.1 Å². The molecule has 0 saturated carbocycles. The molecule has 0 unspecified atom stereocenters. The maximum atomic E-state index is 11.0. The fourth-order valence-electron chi connectivity index (χ4n) is 3.03. The summed E-state index contributed by atoms with van der Waals surface area (Å²) in [5.74, 6) is 0.275. The third-order valence-electron chi connectivity index (χ3n) is 4.17. The number of hydrogen-bond donors (Lipinski definition) is 2. The van der Waals surface area contributed by atoms with E-state index >= 15 is 0 Å². The molecular formula is C16H19Cl2N3O2. The Morgan fingerprint density at radius 1 is 1.09 bits per heavy atom. The molecule has 1 aliphatic rings. The van der Waals surface area contributed by atoms with Gasteiger partial charge in [0.05, 0.1) is 17.4 Å². The van der Waals surface area contributed by atoms with E-state index in [0.717, 1.165) is 12.1 Å². The molecule has 0 bridgehead atoms. The number of nitro benzene ring substituents is 1. The number of quaternary nitrogens is 2. The Hall–Kier alpha value is -1.66. The molecule has 0 aliphatic carbocycles. The lowest BCUT2D eigenvalue weighted by Crippen LogP contribution is -3.00. The summed E-state index contributed by atoms with van der Waals surface area (Å²) in [6.07, 6.45) is 0. The van der Waals surface area contributed by atoms with Crippen LogP contribution in [-0.4, -0.2) is 17.5 Å². The highest BCUT2D eigenvalue weighted by Crippen LogP contribution is 2.24. The molecule has 4 N–H and O–H groups in total. The second kappa shape index (κ2) is 8.26. The summed E-state index contributed by atoms with van der Waals surface area (Å²) in [6.45, 7) is 3.08. The molecule has 2 aromatic rings. The Morgan fingerprint density at radius 3 is 2.48 bits per heavy atom. The number of rotatable bonds is 2. The number of nitro groups is 1. The minimum Gasteiger partial charge on any atom is -1.00 e. The fraction of sp³-hybridized carbons (Fsp3) is 0.250. The lowest BCUT2D eigenvalue weighted by atomic mass is 9.92. The number of fused-ring (bicyclic) bond motifs is 1. The topological polar surface area (TPSA) is 76.4 Å². The van der Waals surface area contributed by atoms with Crippen LogP contribution in [0.15, 0.2) is 48.5 Å². The summed E-state index contributed by atoms with van der Waals surface area (Å²) >= 11 is 0. The fourth-order valence-corrected chi connectivity index (χ4v) is 3.03. The van der Waals surface area contributed by atoms with Crippen LogP contribution >= 0.6 is 0 Å². The Labute approximate surface area is 147 Å². The minimum atomic E-state index is -0.326. The van der Waals surface area contributed by atoms with Gasteiger partial charge in [-0.3, -0.25) is 10.1 Å². The van der Waals surface area contributed by atoms with E-state index in [1.807, 2.05) is 18.2 Å². The summed E-state index contributed by atoms with van der Waals surface area (Å²) in [5.41, 5.74) is 3.70. The van der Waals surface area contributed by atoms with Gasteiger partial charge in [-0.05, 0) is 12.5 Å². The number of nitrogens with two attached hydrogens (primary N) is 2. The van der Waals surface area contributed by atoms with Crippen molar-refractivity contribution in [1.82, 2.24) is 0 Å². The van der Waals surface area contributed by atoms with Crippen molar-refractivity contribution < 1.29 is 40.4 Å². The van der Waals surface area contributed by atoms with Gasteiger partial charge in [-0.2, -0.15) is 0 Å². The molecule has 1 heterocycles. The lowest BCUT2D eigenvalue weighted by molar-refractivity contribution is -0.608. The highest BCUT2D eigenvalue weighted by molar-refractivity contribution is 5.50. The molecule has 3 rings (SSSR count). The van der Waals surface area contributed by atoms with Crippen LogP contribution in [0.1, 0.15) is 18.4 Å². The van der Waals surface area contributed by atoms with Gasteiger partial charge in [0.1, 0.15) is 6.04 Å². The maximum absolute atomic E-state index is 11.0. The predicted octanol–water partition coefficient (Wildman–Crippen LogP) is -4.82. The van der Waals surface area contributed by atoms with Crippen molar-refractivity contribution in [2.24, 2.45) is 0 Å². The van der Waals surface area contributed by atoms with Crippen LogP contribution in [0.5, 0.6) is 0 Å². The van der Waals surface area contributed by atoms with E-state index in [1.54, 1.807) is 18.2 Å². The molecule has 0 spiro atoms. The summed E-state index contributed by atoms with van der Waals surface area (Å²) in [7, 11) is 0. The van der Waals surface area contributed by atoms with Gasteiger partial charge in [0, 0.05) is 24.3 Å². The first-order valence-electron chi connectivity index (χ1n) is 7.16. The second-order valence-electron chi connectivity index (χ2n) is 5.55. The Kier molecular flexibility index (Phi) is 6.97. The van der Waals surface area contributed by atoms with E-state index in [0.29, 0.717) is 6.04 Å². The third kappa shape index (κ3) is 4.20. The summed E-state index contributed by atoms with van der Waals surface area (Å²) in [4.78, 5) is 10.6. The average molecular weight is 356 g/mol. The molecule has 2 atom stereocenters. The first-order valence-corrected chi connectivity index (χ1v) is 7.16.